The molecule has 0 radical (unpaired) electrons. The number of ether oxygens (including phenoxy) is 4. The number of nitrogens with two attached hydrogens (primary N) is 4. The lowest BCUT2D eigenvalue weighted by Crippen LogP contribution is -2.68. The molecule has 0 aromatic rings. The molecule has 15 atom stereocenters. The zero-order chi connectivity index (χ0) is 32.1. The highest BCUT2D eigenvalue weighted by molar-refractivity contribution is 5.81. The third-order valence-electron chi connectivity index (χ3n) is 9.01. The van der Waals surface area contributed by atoms with E-state index < -0.39 is 97.3 Å². The first kappa shape index (κ1) is 36.4. The fraction of sp³-hybridized carbons (Fsp3) is 0.963. The van der Waals surface area contributed by atoms with Crippen LogP contribution >= 0.6 is 0 Å². The van der Waals surface area contributed by atoms with Gasteiger partial charge in [0, 0.05) is 24.6 Å². The highest BCUT2D eigenvalue weighted by Crippen LogP contribution is 2.34. The molecule has 3 fully saturated rings. The predicted octanol–water partition coefficient (Wildman–Crippen LogP) is -4.56. The Morgan fingerprint density at radius 1 is 1.05 bits per heavy atom. The first-order chi connectivity index (χ1) is 20.2. The average Bonchev–Trinajstić information content (AvgIpc) is 2.97. The van der Waals surface area contributed by atoms with Gasteiger partial charge in [0.05, 0.1) is 43.0 Å². The van der Waals surface area contributed by atoms with E-state index in [1.54, 1.807) is 6.92 Å². The number of carbonyl (C=O) groups excluding carboxylic acids is 1. The molecule has 3 rings (SSSR count). The molecular formula is C27H53N5O11. The lowest BCUT2D eigenvalue weighted by Gasteiger charge is -2.48. The quantitative estimate of drug-likeness (QED) is 0.0861. The molecule has 0 spiro atoms. The number of amides is 1. The van der Waals surface area contributed by atoms with Gasteiger partial charge < -0.3 is 77.8 Å². The molecule has 0 bridgehead atoms. The normalized spacial score (nSPS) is 42.7. The van der Waals surface area contributed by atoms with Gasteiger partial charge in [0.15, 0.2) is 12.6 Å². The molecule has 15 N–H and O–H groups in total. The van der Waals surface area contributed by atoms with Crippen molar-refractivity contribution in [1.82, 2.24) is 5.32 Å². The summed E-state index contributed by atoms with van der Waals surface area (Å²) in [5.41, 5.74) is 22.9. The Balaban J connectivity index is 1.79. The van der Waals surface area contributed by atoms with Gasteiger partial charge in [0.2, 0.25) is 0 Å². The summed E-state index contributed by atoms with van der Waals surface area (Å²) >= 11 is 0. The SMILES string of the molecule is C[C@@H]1C(O)[C@@H](OC2C(O)C(O[C@H]3O[C@H](CCCCO)CCC3N)[C@@H](N)C[C@H]2NC(=O)[C@@H](O)[C@@H](N)[C@@H](N)CO)OCC1(C)O. The third kappa shape index (κ3) is 9.01. The van der Waals surface area contributed by atoms with Gasteiger partial charge in [-0.25, -0.2) is 0 Å². The monoisotopic (exact) mass is 623 g/mol. The van der Waals surface area contributed by atoms with Crippen LogP contribution in [-0.4, -0.2) is 141 Å². The number of nitrogens with one attached hydrogen (secondary N) is 1. The molecule has 16 heteroatoms. The molecular weight excluding hydrogens is 570 g/mol. The molecule has 2 heterocycles. The van der Waals surface area contributed by atoms with Crippen LogP contribution in [0.4, 0.5) is 0 Å². The maximum Gasteiger partial charge on any atom is 0.250 e. The maximum atomic E-state index is 13.0. The molecule has 3 aliphatic rings. The number of aliphatic hydroxyl groups excluding tert-OH is 5. The second kappa shape index (κ2) is 16.0. The summed E-state index contributed by atoms with van der Waals surface area (Å²) in [5.74, 6) is -1.59. The van der Waals surface area contributed by atoms with Gasteiger partial charge in [0.1, 0.15) is 30.5 Å². The van der Waals surface area contributed by atoms with E-state index in [1.807, 2.05) is 0 Å². The highest BCUT2D eigenvalue weighted by Gasteiger charge is 2.51. The Bertz CT molecular complexity index is 875. The van der Waals surface area contributed by atoms with Crippen LogP contribution in [0.1, 0.15) is 52.4 Å². The van der Waals surface area contributed by atoms with E-state index in [0.29, 0.717) is 19.3 Å². The zero-order valence-electron chi connectivity index (χ0n) is 25.0. The fourth-order valence-electron chi connectivity index (χ4n) is 5.75. The first-order valence-electron chi connectivity index (χ1n) is 15.1. The van der Waals surface area contributed by atoms with Crippen LogP contribution in [0, 0.1) is 5.92 Å². The van der Waals surface area contributed by atoms with Gasteiger partial charge in [-0.2, -0.15) is 0 Å². The van der Waals surface area contributed by atoms with Gasteiger partial charge in [-0.1, -0.05) is 6.92 Å². The van der Waals surface area contributed by atoms with Crippen molar-refractivity contribution in [1.29, 1.82) is 0 Å². The number of unbranched alkanes of at least 4 members (excludes halogenated alkanes) is 1. The molecule has 6 unspecified atom stereocenters. The topological polar surface area (TPSA) is 291 Å². The lowest BCUT2D eigenvalue weighted by atomic mass is 9.82. The van der Waals surface area contributed by atoms with Crippen LogP contribution in [0.5, 0.6) is 0 Å². The number of rotatable bonds is 13. The Hall–Kier alpha value is -1.09. The number of aliphatic hydroxyl groups is 6. The number of hydrogen-bond donors (Lipinski definition) is 11. The van der Waals surface area contributed by atoms with Crippen molar-refractivity contribution in [3.63, 3.8) is 0 Å². The second-order valence-corrected chi connectivity index (χ2v) is 12.5. The molecule has 0 aromatic carbocycles. The van der Waals surface area contributed by atoms with E-state index in [4.69, 9.17) is 47.0 Å². The van der Waals surface area contributed by atoms with Crippen LogP contribution in [0.3, 0.4) is 0 Å². The summed E-state index contributed by atoms with van der Waals surface area (Å²) in [7, 11) is 0. The Labute approximate surface area is 252 Å². The first-order valence-corrected chi connectivity index (χ1v) is 15.1. The molecule has 16 nitrogen and oxygen atoms in total. The van der Waals surface area contributed by atoms with E-state index in [0.717, 1.165) is 12.8 Å². The van der Waals surface area contributed by atoms with Crippen LogP contribution < -0.4 is 28.3 Å². The lowest BCUT2D eigenvalue weighted by molar-refractivity contribution is -0.314. The summed E-state index contributed by atoms with van der Waals surface area (Å²) in [6, 6.07) is -4.72. The van der Waals surface area contributed by atoms with Crippen molar-refractivity contribution in [2.45, 2.75) is 137 Å². The molecule has 252 valence electrons. The summed E-state index contributed by atoms with van der Waals surface area (Å²) in [6.45, 7) is 2.51. The summed E-state index contributed by atoms with van der Waals surface area (Å²) in [4.78, 5) is 13.0. The maximum absolute atomic E-state index is 13.0. The third-order valence-corrected chi connectivity index (χ3v) is 9.01. The minimum Gasteiger partial charge on any atom is -0.396 e. The van der Waals surface area contributed by atoms with Crippen LogP contribution in [0.25, 0.3) is 0 Å². The summed E-state index contributed by atoms with van der Waals surface area (Å²) < 4.78 is 23.9. The smallest absolute Gasteiger partial charge is 0.250 e. The van der Waals surface area contributed by atoms with Crippen molar-refractivity contribution in [3.8, 4) is 0 Å². The predicted molar refractivity (Wildman–Crippen MR) is 152 cm³/mol. The highest BCUT2D eigenvalue weighted by atomic mass is 16.7. The summed E-state index contributed by atoms with van der Waals surface area (Å²) in [5, 5.41) is 64.4. The molecule has 1 aliphatic carbocycles. The minimum absolute atomic E-state index is 0.00408. The van der Waals surface area contributed by atoms with Crippen molar-refractivity contribution in [2.24, 2.45) is 28.9 Å². The van der Waals surface area contributed by atoms with Crippen LogP contribution in [0.2, 0.25) is 0 Å². The molecule has 2 saturated heterocycles. The largest absolute Gasteiger partial charge is 0.396 e. The van der Waals surface area contributed by atoms with Crippen molar-refractivity contribution in [3.05, 3.63) is 0 Å². The van der Waals surface area contributed by atoms with Gasteiger partial charge >= 0.3 is 0 Å². The average molecular weight is 624 g/mol. The number of hydrogen-bond acceptors (Lipinski definition) is 15. The van der Waals surface area contributed by atoms with Gasteiger partial charge in [-0.15, -0.1) is 0 Å². The molecule has 1 saturated carbocycles. The number of carbonyl (C=O) groups is 1. The van der Waals surface area contributed by atoms with E-state index in [-0.39, 0.29) is 25.7 Å². The van der Waals surface area contributed by atoms with E-state index in [9.17, 15) is 30.3 Å². The van der Waals surface area contributed by atoms with Crippen molar-refractivity contribution < 1.29 is 54.4 Å². The van der Waals surface area contributed by atoms with Gasteiger partial charge in [-0.05, 0) is 45.4 Å². The molecule has 43 heavy (non-hydrogen) atoms. The zero-order valence-corrected chi connectivity index (χ0v) is 25.0. The minimum atomic E-state index is -1.80. The molecule has 2 aliphatic heterocycles. The van der Waals surface area contributed by atoms with E-state index in [2.05, 4.69) is 5.32 Å². The van der Waals surface area contributed by atoms with Gasteiger partial charge in [-0.3, -0.25) is 4.79 Å². The second-order valence-electron chi connectivity index (χ2n) is 12.5. The molecule has 1 amide bonds. The van der Waals surface area contributed by atoms with E-state index >= 15 is 0 Å². The molecule has 0 aromatic heterocycles. The summed E-state index contributed by atoms with van der Waals surface area (Å²) in [6.07, 6.45) is -5.80. The van der Waals surface area contributed by atoms with E-state index in [1.165, 1.54) is 6.92 Å². The van der Waals surface area contributed by atoms with Crippen molar-refractivity contribution in [2.75, 3.05) is 19.8 Å². The Kier molecular flexibility index (Phi) is 13.5. The standard InChI is InChI=1S/C27H53N5O11/c1-12-19(35)26(40-11-27(12,2)39)43-23-17(32-24(38)20(36)18(31)16(30)10-34)9-15(29)22(21(23)37)42-25-14(28)7-6-13(41-25)5-3-4-8-33/h12-23,25-26,33-37,39H,3-11,28-31H2,1-2H3,(H,32,38)/t12-,13-,14?,15+,16+,17-,18+,19?,20+,21?,22?,23?,25-,26-,27?/m1/s1. The van der Waals surface area contributed by atoms with Gasteiger partial charge in [0.25, 0.3) is 5.91 Å². The van der Waals surface area contributed by atoms with Crippen LogP contribution in [-0.2, 0) is 23.7 Å². The van der Waals surface area contributed by atoms with Crippen LogP contribution in [0.15, 0.2) is 0 Å². The van der Waals surface area contributed by atoms with Crippen molar-refractivity contribution >= 4 is 5.91 Å². The fourth-order valence-corrected chi connectivity index (χ4v) is 5.75. The Morgan fingerprint density at radius 3 is 2.37 bits per heavy atom. The Morgan fingerprint density at radius 2 is 1.72 bits per heavy atom.